The lowest BCUT2D eigenvalue weighted by molar-refractivity contribution is -0.149. The number of likely N-dealkylation sites (tertiary alicyclic amines) is 1. The highest BCUT2D eigenvalue weighted by molar-refractivity contribution is 5.95. The maximum atomic E-state index is 12.4. The Kier molecular flexibility index (Phi) is 4.56. The van der Waals surface area contributed by atoms with Gasteiger partial charge in [0.1, 0.15) is 11.7 Å². The Hall–Kier alpha value is -2.38. The van der Waals surface area contributed by atoms with Crippen LogP contribution in [-0.2, 0) is 9.53 Å². The Labute approximate surface area is 120 Å². The van der Waals surface area contributed by atoms with Crippen LogP contribution in [0.3, 0.4) is 0 Å². The van der Waals surface area contributed by atoms with Crippen molar-refractivity contribution in [3.05, 3.63) is 32.6 Å². The first-order valence-electron chi connectivity index (χ1n) is 6.84. The van der Waals surface area contributed by atoms with Crippen molar-refractivity contribution in [2.45, 2.75) is 32.2 Å². The lowest BCUT2D eigenvalue weighted by Gasteiger charge is -2.33. The molecule has 1 aliphatic rings. The Morgan fingerprint density at radius 3 is 2.76 bits per heavy atom. The third kappa shape index (κ3) is 3.39. The molecule has 0 saturated carbocycles. The van der Waals surface area contributed by atoms with E-state index in [4.69, 9.17) is 4.74 Å². The van der Waals surface area contributed by atoms with Crippen molar-refractivity contribution in [3.8, 4) is 0 Å². The van der Waals surface area contributed by atoms with E-state index in [-0.39, 0.29) is 12.3 Å². The van der Waals surface area contributed by atoms with E-state index in [9.17, 15) is 19.2 Å². The molecule has 1 unspecified atom stereocenters. The van der Waals surface area contributed by atoms with Gasteiger partial charge < -0.3 is 14.6 Å². The monoisotopic (exact) mass is 295 g/mol. The van der Waals surface area contributed by atoms with Crippen molar-refractivity contribution < 1.29 is 14.3 Å². The van der Waals surface area contributed by atoms with Gasteiger partial charge in [0.2, 0.25) is 0 Å². The number of hydrogen-bond donors (Lipinski definition) is 2. The smallest absolute Gasteiger partial charge is 0.328 e. The molecule has 0 radical (unpaired) electrons. The van der Waals surface area contributed by atoms with Crippen LogP contribution < -0.4 is 11.2 Å². The zero-order valence-corrected chi connectivity index (χ0v) is 11.7. The van der Waals surface area contributed by atoms with Gasteiger partial charge >= 0.3 is 11.7 Å². The fraction of sp³-hybridized carbons (Fsp3) is 0.538. The molecule has 2 rings (SSSR count). The van der Waals surface area contributed by atoms with Gasteiger partial charge in [-0.2, -0.15) is 0 Å². The van der Waals surface area contributed by atoms with Gasteiger partial charge in [-0.25, -0.2) is 9.59 Å². The number of nitrogens with one attached hydrogen (secondary N) is 2. The molecule has 1 atom stereocenters. The van der Waals surface area contributed by atoms with Crippen molar-refractivity contribution in [1.29, 1.82) is 0 Å². The maximum Gasteiger partial charge on any atom is 0.328 e. The normalized spacial score (nSPS) is 18.3. The van der Waals surface area contributed by atoms with Gasteiger partial charge in [-0.3, -0.25) is 14.6 Å². The fourth-order valence-corrected chi connectivity index (χ4v) is 2.40. The number of amides is 1. The molecule has 1 aromatic rings. The lowest BCUT2D eigenvalue weighted by atomic mass is 10.0. The average Bonchev–Trinajstić information content (AvgIpc) is 2.45. The predicted octanol–water partition coefficient (Wildman–Crippen LogP) is -0.379. The Bertz CT molecular complexity index is 619. The number of piperidine rings is 1. The average molecular weight is 295 g/mol. The van der Waals surface area contributed by atoms with E-state index in [1.807, 2.05) is 4.98 Å². The van der Waals surface area contributed by atoms with Crippen LogP contribution in [0.4, 0.5) is 0 Å². The summed E-state index contributed by atoms with van der Waals surface area (Å²) in [5.41, 5.74) is -1.54. The Balaban J connectivity index is 2.28. The minimum Gasteiger partial charge on any atom is -0.464 e. The number of carbonyl (C=O) groups excluding carboxylic acids is 2. The second kappa shape index (κ2) is 6.38. The summed E-state index contributed by atoms with van der Waals surface area (Å²) >= 11 is 0. The van der Waals surface area contributed by atoms with Gasteiger partial charge in [0.15, 0.2) is 0 Å². The number of carbonyl (C=O) groups is 2. The van der Waals surface area contributed by atoms with Crippen molar-refractivity contribution in [2.75, 3.05) is 13.2 Å². The van der Waals surface area contributed by atoms with Crippen LogP contribution in [-0.4, -0.2) is 45.9 Å². The van der Waals surface area contributed by atoms with Gasteiger partial charge in [0.05, 0.1) is 6.61 Å². The standard InChI is InChI=1S/C13H17N3O5/c1-2-21-12(19)9-5-3-4-6-16(9)11(18)8-7-10(17)15-13(20)14-8/h7,9H,2-6H2,1H3,(H2,14,15,17,20). The highest BCUT2D eigenvalue weighted by Crippen LogP contribution is 2.19. The molecule has 1 aromatic heterocycles. The molecule has 1 aliphatic heterocycles. The van der Waals surface area contributed by atoms with Crippen molar-refractivity contribution in [2.24, 2.45) is 0 Å². The second-order valence-electron chi connectivity index (χ2n) is 4.76. The van der Waals surface area contributed by atoms with Gasteiger partial charge in [-0.15, -0.1) is 0 Å². The highest BCUT2D eigenvalue weighted by atomic mass is 16.5. The molecule has 0 bridgehead atoms. The number of aromatic amines is 2. The zero-order chi connectivity index (χ0) is 15.4. The van der Waals surface area contributed by atoms with Gasteiger partial charge in [0, 0.05) is 12.6 Å². The van der Waals surface area contributed by atoms with Crippen molar-refractivity contribution >= 4 is 11.9 Å². The van der Waals surface area contributed by atoms with E-state index in [0.717, 1.165) is 18.9 Å². The molecular formula is C13H17N3O5. The second-order valence-corrected chi connectivity index (χ2v) is 4.76. The van der Waals surface area contributed by atoms with E-state index >= 15 is 0 Å². The van der Waals surface area contributed by atoms with Crippen LogP contribution in [0.1, 0.15) is 36.7 Å². The Morgan fingerprint density at radius 2 is 2.10 bits per heavy atom. The first-order valence-corrected chi connectivity index (χ1v) is 6.84. The molecule has 21 heavy (non-hydrogen) atoms. The number of esters is 1. The first kappa shape index (κ1) is 15.0. The number of ether oxygens (including phenoxy) is 1. The van der Waals surface area contributed by atoms with E-state index in [2.05, 4.69) is 4.98 Å². The molecule has 2 heterocycles. The maximum absolute atomic E-state index is 12.4. The molecule has 1 amide bonds. The molecule has 1 saturated heterocycles. The number of aromatic nitrogens is 2. The minimum absolute atomic E-state index is 0.125. The first-order chi connectivity index (χ1) is 10.0. The third-order valence-electron chi connectivity index (χ3n) is 3.31. The summed E-state index contributed by atoms with van der Waals surface area (Å²) in [6.45, 7) is 2.32. The van der Waals surface area contributed by atoms with E-state index < -0.39 is 29.2 Å². The number of hydrogen-bond acceptors (Lipinski definition) is 5. The molecule has 2 N–H and O–H groups in total. The zero-order valence-electron chi connectivity index (χ0n) is 11.7. The predicted molar refractivity (Wildman–Crippen MR) is 73.0 cm³/mol. The fourth-order valence-electron chi connectivity index (χ4n) is 2.40. The summed E-state index contributed by atoms with van der Waals surface area (Å²) in [7, 11) is 0. The molecule has 0 aliphatic carbocycles. The van der Waals surface area contributed by atoms with E-state index in [1.54, 1.807) is 6.92 Å². The SMILES string of the molecule is CCOC(=O)C1CCCCN1C(=O)c1cc(=O)[nH]c(=O)[nH]1. The molecule has 8 heteroatoms. The summed E-state index contributed by atoms with van der Waals surface area (Å²) in [5.74, 6) is -1.01. The summed E-state index contributed by atoms with van der Waals surface area (Å²) in [6.07, 6.45) is 2.09. The van der Waals surface area contributed by atoms with Crippen LogP contribution >= 0.6 is 0 Å². The molecule has 0 aromatic carbocycles. The third-order valence-corrected chi connectivity index (χ3v) is 3.31. The molecule has 8 nitrogen and oxygen atoms in total. The summed E-state index contributed by atoms with van der Waals surface area (Å²) in [4.78, 5) is 52.5. The minimum atomic E-state index is -0.754. The Morgan fingerprint density at radius 1 is 1.33 bits per heavy atom. The number of rotatable bonds is 3. The van der Waals surface area contributed by atoms with Crippen molar-refractivity contribution in [1.82, 2.24) is 14.9 Å². The van der Waals surface area contributed by atoms with Crippen LogP contribution in [0, 0.1) is 0 Å². The highest BCUT2D eigenvalue weighted by Gasteiger charge is 2.34. The van der Waals surface area contributed by atoms with Crippen LogP contribution in [0.5, 0.6) is 0 Å². The molecule has 1 fully saturated rings. The number of H-pyrrole nitrogens is 2. The van der Waals surface area contributed by atoms with E-state index in [1.165, 1.54) is 4.90 Å². The molecular weight excluding hydrogens is 278 g/mol. The quantitative estimate of drug-likeness (QED) is 0.738. The molecule has 0 spiro atoms. The summed E-state index contributed by atoms with van der Waals surface area (Å²) < 4.78 is 4.97. The topological polar surface area (TPSA) is 112 Å². The lowest BCUT2D eigenvalue weighted by Crippen LogP contribution is -2.49. The van der Waals surface area contributed by atoms with Gasteiger partial charge in [0.25, 0.3) is 11.5 Å². The van der Waals surface area contributed by atoms with Crippen LogP contribution in [0.15, 0.2) is 15.7 Å². The summed E-state index contributed by atoms with van der Waals surface area (Å²) in [5, 5.41) is 0. The van der Waals surface area contributed by atoms with E-state index in [0.29, 0.717) is 13.0 Å². The molecule has 114 valence electrons. The number of nitrogens with zero attached hydrogens (tertiary/aromatic N) is 1. The largest absolute Gasteiger partial charge is 0.464 e. The van der Waals surface area contributed by atoms with Gasteiger partial charge in [-0.1, -0.05) is 0 Å². The van der Waals surface area contributed by atoms with Crippen molar-refractivity contribution in [3.63, 3.8) is 0 Å². The van der Waals surface area contributed by atoms with Crippen LogP contribution in [0.2, 0.25) is 0 Å². The summed E-state index contributed by atoms with van der Waals surface area (Å²) in [6, 6.07) is 0.342. The van der Waals surface area contributed by atoms with Crippen LogP contribution in [0.25, 0.3) is 0 Å². The van der Waals surface area contributed by atoms with Gasteiger partial charge in [-0.05, 0) is 26.2 Å².